The van der Waals surface area contributed by atoms with Crippen molar-refractivity contribution < 1.29 is 13.9 Å². The van der Waals surface area contributed by atoms with Crippen LogP contribution in [0.5, 0.6) is 0 Å². The number of amides is 1. The third kappa shape index (κ3) is 3.89. The molecule has 2 aromatic rings. The van der Waals surface area contributed by atoms with Gasteiger partial charge in [0.15, 0.2) is 0 Å². The van der Waals surface area contributed by atoms with Crippen LogP contribution in [0, 0.1) is 5.82 Å². The third-order valence-corrected chi connectivity index (χ3v) is 4.10. The van der Waals surface area contributed by atoms with Crippen molar-refractivity contribution in [2.24, 2.45) is 0 Å². The molecule has 0 atom stereocenters. The van der Waals surface area contributed by atoms with E-state index in [4.69, 9.17) is 16.3 Å². The number of nitrogens with zero attached hydrogens (tertiary/aromatic N) is 2. The van der Waals surface area contributed by atoms with Crippen LogP contribution < -0.4 is 5.32 Å². The molecule has 7 heteroatoms. The van der Waals surface area contributed by atoms with E-state index in [-0.39, 0.29) is 23.5 Å². The van der Waals surface area contributed by atoms with E-state index in [1.165, 1.54) is 12.1 Å². The maximum absolute atomic E-state index is 13.3. The van der Waals surface area contributed by atoms with E-state index in [1.54, 1.807) is 23.0 Å². The van der Waals surface area contributed by atoms with Crippen LogP contribution in [0.4, 0.5) is 4.39 Å². The quantitative estimate of drug-likeness (QED) is 0.933. The SMILES string of the molecule is O=C(Cn1nccc1-c1ccc(F)c(Cl)c1)NC1CCOCC1. The molecule has 1 aliphatic rings. The van der Waals surface area contributed by atoms with Crippen molar-refractivity contribution in [3.05, 3.63) is 41.3 Å². The zero-order chi connectivity index (χ0) is 16.2. The minimum atomic E-state index is -0.473. The van der Waals surface area contributed by atoms with Gasteiger partial charge in [-0.1, -0.05) is 11.6 Å². The molecule has 0 spiro atoms. The highest BCUT2D eigenvalue weighted by molar-refractivity contribution is 6.31. The molecule has 1 aliphatic heterocycles. The highest BCUT2D eigenvalue weighted by atomic mass is 35.5. The summed E-state index contributed by atoms with van der Waals surface area (Å²) in [6, 6.07) is 6.37. The van der Waals surface area contributed by atoms with Crippen LogP contribution in [-0.2, 0) is 16.1 Å². The average molecular weight is 338 g/mol. The Bertz CT molecular complexity index is 698. The number of halogens is 2. The van der Waals surface area contributed by atoms with E-state index in [1.807, 2.05) is 0 Å². The summed E-state index contributed by atoms with van der Waals surface area (Å²) in [5.74, 6) is -0.575. The molecule has 23 heavy (non-hydrogen) atoms. The van der Waals surface area contributed by atoms with Crippen molar-refractivity contribution in [1.29, 1.82) is 0 Å². The van der Waals surface area contributed by atoms with Gasteiger partial charge in [-0.05, 0) is 37.1 Å². The second-order valence-electron chi connectivity index (χ2n) is 5.46. The van der Waals surface area contributed by atoms with E-state index < -0.39 is 5.82 Å². The summed E-state index contributed by atoms with van der Waals surface area (Å²) < 4.78 is 20.1. The predicted octanol–water partition coefficient (Wildman–Crippen LogP) is 2.64. The van der Waals surface area contributed by atoms with Gasteiger partial charge in [-0.25, -0.2) is 4.39 Å². The molecule has 2 heterocycles. The molecule has 1 amide bonds. The Hall–Kier alpha value is -1.92. The number of carbonyl (C=O) groups excluding carboxylic acids is 1. The van der Waals surface area contributed by atoms with Gasteiger partial charge in [0.05, 0.1) is 10.7 Å². The lowest BCUT2D eigenvalue weighted by Gasteiger charge is -2.23. The van der Waals surface area contributed by atoms with E-state index in [9.17, 15) is 9.18 Å². The third-order valence-electron chi connectivity index (χ3n) is 3.81. The lowest BCUT2D eigenvalue weighted by molar-refractivity contribution is -0.123. The number of benzene rings is 1. The fourth-order valence-corrected chi connectivity index (χ4v) is 2.79. The van der Waals surface area contributed by atoms with E-state index >= 15 is 0 Å². The number of rotatable bonds is 4. The summed E-state index contributed by atoms with van der Waals surface area (Å²) in [4.78, 5) is 12.2. The normalized spacial score (nSPS) is 15.6. The largest absolute Gasteiger partial charge is 0.381 e. The van der Waals surface area contributed by atoms with Gasteiger partial charge in [0.25, 0.3) is 0 Å². The molecular formula is C16H17ClFN3O2. The number of hydrogen-bond acceptors (Lipinski definition) is 3. The number of ether oxygens (including phenoxy) is 1. The average Bonchev–Trinajstić information content (AvgIpc) is 2.99. The van der Waals surface area contributed by atoms with Gasteiger partial charge in [0.1, 0.15) is 12.4 Å². The number of aromatic nitrogens is 2. The second-order valence-corrected chi connectivity index (χ2v) is 5.86. The van der Waals surface area contributed by atoms with Crippen molar-refractivity contribution in [3.8, 4) is 11.3 Å². The highest BCUT2D eigenvalue weighted by Crippen LogP contribution is 2.24. The van der Waals surface area contributed by atoms with Crippen molar-refractivity contribution in [2.75, 3.05) is 13.2 Å². The van der Waals surface area contributed by atoms with Crippen LogP contribution in [0.2, 0.25) is 5.02 Å². The molecular weight excluding hydrogens is 321 g/mol. The van der Waals surface area contributed by atoms with Crippen LogP contribution in [0.25, 0.3) is 11.3 Å². The van der Waals surface area contributed by atoms with Crippen LogP contribution in [0.15, 0.2) is 30.5 Å². The van der Waals surface area contributed by atoms with Gasteiger partial charge >= 0.3 is 0 Å². The van der Waals surface area contributed by atoms with Crippen LogP contribution in [0.1, 0.15) is 12.8 Å². The minimum Gasteiger partial charge on any atom is -0.381 e. The maximum Gasteiger partial charge on any atom is 0.241 e. The molecule has 1 saturated heterocycles. The Kier molecular flexibility index (Phi) is 4.93. The van der Waals surface area contributed by atoms with Crippen molar-refractivity contribution in [1.82, 2.24) is 15.1 Å². The summed E-state index contributed by atoms with van der Waals surface area (Å²) in [6.45, 7) is 1.45. The molecule has 0 bridgehead atoms. The number of nitrogens with one attached hydrogen (secondary N) is 1. The molecule has 1 fully saturated rings. The van der Waals surface area contributed by atoms with Crippen LogP contribution in [-0.4, -0.2) is 34.9 Å². The lowest BCUT2D eigenvalue weighted by Crippen LogP contribution is -2.40. The molecule has 1 aromatic heterocycles. The predicted molar refractivity (Wildman–Crippen MR) is 84.6 cm³/mol. The van der Waals surface area contributed by atoms with Gasteiger partial charge in [-0.2, -0.15) is 5.10 Å². The summed E-state index contributed by atoms with van der Waals surface area (Å²) in [6.07, 6.45) is 3.25. The fraction of sp³-hybridized carbons (Fsp3) is 0.375. The summed E-state index contributed by atoms with van der Waals surface area (Å²) in [5.41, 5.74) is 1.43. The van der Waals surface area contributed by atoms with Gasteiger partial charge in [-0.3, -0.25) is 9.48 Å². The Morgan fingerprint density at radius 2 is 2.17 bits per heavy atom. The Labute approximate surface area is 138 Å². The molecule has 3 rings (SSSR count). The Morgan fingerprint density at radius 1 is 1.39 bits per heavy atom. The molecule has 0 unspecified atom stereocenters. The number of hydrogen-bond donors (Lipinski definition) is 1. The fourth-order valence-electron chi connectivity index (χ4n) is 2.61. The molecule has 0 aliphatic carbocycles. The monoisotopic (exact) mass is 337 g/mol. The van der Waals surface area contributed by atoms with Crippen molar-refractivity contribution in [3.63, 3.8) is 0 Å². The molecule has 1 aromatic carbocycles. The number of carbonyl (C=O) groups is 1. The van der Waals surface area contributed by atoms with Crippen LogP contribution >= 0.6 is 11.6 Å². The van der Waals surface area contributed by atoms with Gasteiger partial charge < -0.3 is 10.1 Å². The van der Waals surface area contributed by atoms with E-state index in [2.05, 4.69) is 10.4 Å². The maximum atomic E-state index is 13.3. The molecule has 122 valence electrons. The van der Waals surface area contributed by atoms with Crippen LogP contribution in [0.3, 0.4) is 0 Å². The van der Waals surface area contributed by atoms with E-state index in [0.717, 1.165) is 12.8 Å². The van der Waals surface area contributed by atoms with Gasteiger partial charge in [0.2, 0.25) is 5.91 Å². The first-order valence-electron chi connectivity index (χ1n) is 7.48. The van der Waals surface area contributed by atoms with Gasteiger partial charge in [-0.15, -0.1) is 0 Å². The molecule has 0 saturated carbocycles. The van der Waals surface area contributed by atoms with Crippen molar-refractivity contribution >= 4 is 17.5 Å². The zero-order valence-corrected chi connectivity index (χ0v) is 13.2. The standard InChI is InChI=1S/C16H17ClFN3O2/c17-13-9-11(1-2-14(13)18)15-3-6-19-21(15)10-16(22)20-12-4-7-23-8-5-12/h1-3,6,9,12H,4-5,7-8,10H2,(H,20,22). The first-order valence-corrected chi connectivity index (χ1v) is 7.85. The van der Waals surface area contributed by atoms with Gasteiger partial charge in [0, 0.05) is 31.0 Å². The topological polar surface area (TPSA) is 56.2 Å². The Balaban J connectivity index is 1.70. The van der Waals surface area contributed by atoms with Crippen molar-refractivity contribution in [2.45, 2.75) is 25.4 Å². The zero-order valence-electron chi connectivity index (χ0n) is 12.5. The smallest absolute Gasteiger partial charge is 0.241 e. The molecule has 5 nitrogen and oxygen atoms in total. The Morgan fingerprint density at radius 3 is 2.91 bits per heavy atom. The first-order chi connectivity index (χ1) is 11.1. The minimum absolute atomic E-state index is 0.0434. The summed E-state index contributed by atoms with van der Waals surface area (Å²) in [7, 11) is 0. The first kappa shape index (κ1) is 16.0. The second kappa shape index (κ2) is 7.10. The lowest BCUT2D eigenvalue weighted by atomic mass is 10.1. The molecule has 1 N–H and O–H groups in total. The van der Waals surface area contributed by atoms with E-state index in [0.29, 0.717) is 24.5 Å². The molecule has 0 radical (unpaired) electrons. The summed E-state index contributed by atoms with van der Waals surface area (Å²) in [5, 5.41) is 7.21. The summed E-state index contributed by atoms with van der Waals surface area (Å²) >= 11 is 5.82. The highest BCUT2D eigenvalue weighted by Gasteiger charge is 2.17.